The van der Waals surface area contributed by atoms with Crippen molar-refractivity contribution in [1.29, 1.82) is 0 Å². The smallest absolute Gasteiger partial charge is 0.255 e. The van der Waals surface area contributed by atoms with Crippen LogP contribution in [0.5, 0.6) is 0 Å². The molecule has 3 rings (SSSR count). The van der Waals surface area contributed by atoms with Crippen LogP contribution in [-0.4, -0.2) is 30.4 Å². The molecule has 4 heteroatoms. The molecule has 1 aliphatic rings. The summed E-state index contributed by atoms with van der Waals surface area (Å²) in [5.41, 5.74) is 8.49. The fraction of sp³-hybridized carbons (Fsp3) is 0.316. The molecule has 0 bridgehead atoms. The van der Waals surface area contributed by atoms with Gasteiger partial charge in [0.25, 0.3) is 5.91 Å². The van der Waals surface area contributed by atoms with Gasteiger partial charge < -0.3 is 10.6 Å². The van der Waals surface area contributed by atoms with Crippen LogP contribution in [-0.2, 0) is 0 Å². The molecule has 1 amide bonds. The lowest BCUT2D eigenvalue weighted by molar-refractivity contribution is 0.0777. The molecule has 0 saturated carbocycles. The van der Waals surface area contributed by atoms with E-state index in [4.69, 9.17) is 17.3 Å². The van der Waals surface area contributed by atoms with Crippen molar-refractivity contribution in [3.8, 4) is 11.1 Å². The minimum Gasteiger partial charge on any atom is -0.338 e. The molecule has 120 valence electrons. The summed E-state index contributed by atoms with van der Waals surface area (Å²) in [5.74, 6) is -0.00930. The average molecular weight is 329 g/mol. The molecule has 1 atom stereocenters. The molecular weight excluding hydrogens is 308 g/mol. The summed E-state index contributed by atoms with van der Waals surface area (Å²) in [6, 6.07) is 15.6. The van der Waals surface area contributed by atoms with Crippen molar-refractivity contribution in [2.75, 3.05) is 19.6 Å². The highest BCUT2D eigenvalue weighted by Gasteiger charge is 2.35. The number of likely N-dealkylation sites (tertiary alicyclic amines) is 1. The molecule has 0 aromatic heterocycles. The average Bonchev–Trinajstić information content (AvgIpc) is 2.99. The Balaban J connectivity index is 1.89. The van der Waals surface area contributed by atoms with E-state index in [1.807, 2.05) is 47.4 Å². The fourth-order valence-corrected chi connectivity index (χ4v) is 3.23. The SMILES string of the molecule is CC1(CN)CCN(C(=O)c2cc(-c3ccccc3)ccc2Cl)C1. The van der Waals surface area contributed by atoms with Gasteiger partial charge in [0.05, 0.1) is 10.6 Å². The van der Waals surface area contributed by atoms with E-state index in [-0.39, 0.29) is 11.3 Å². The quantitative estimate of drug-likeness (QED) is 0.931. The molecule has 2 aromatic rings. The van der Waals surface area contributed by atoms with Crippen LogP contribution in [0.2, 0.25) is 5.02 Å². The minimum absolute atomic E-state index is 0.00930. The van der Waals surface area contributed by atoms with E-state index in [0.717, 1.165) is 24.1 Å². The first-order chi connectivity index (χ1) is 11.0. The molecule has 3 nitrogen and oxygen atoms in total. The van der Waals surface area contributed by atoms with Crippen molar-refractivity contribution in [2.24, 2.45) is 11.1 Å². The number of rotatable bonds is 3. The van der Waals surface area contributed by atoms with E-state index < -0.39 is 0 Å². The normalized spacial score (nSPS) is 20.7. The van der Waals surface area contributed by atoms with Crippen molar-refractivity contribution in [2.45, 2.75) is 13.3 Å². The van der Waals surface area contributed by atoms with Gasteiger partial charge in [-0.25, -0.2) is 0 Å². The van der Waals surface area contributed by atoms with Crippen LogP contribution in [0.15, 0.2) is 48.5 Å². The van der Waals surface area contributed by atoms with Gasteiger partial charge >= 0.3 is 0 Å². The largest absolute Gasteiger partial charge is 0.338 e. The molecule has 1 aliphatic heterocycles. The second kappa shape index (κ2) is 6.34. The molecule has 0 spiro atoms. The fourth-order valence-electron chi connectivity index (χ4n) is 3.03. The van der Waals surface area contributed by atoms with Gasteiger partial charge in [-0.05, 0) is 41.6 Å². The Hall–Kier alpha value is -1.84. The van der Waals surface area contributed by atoms with Gasteiger partial charge in [-0.15, -0.1) is 0 Å². The number of hydrogen-bond donors (Lipinski definition) is 1. The molecule has 23 heavy (non-hydrogen) atoms. The van der Waals surface area contributed by atoms with Gasteiger partial charge in [-0.1, -0.05) is 54.9 Å². The van der Waals surface area contributed by atoms with E-state index in [1.165, 1.54) is 0 Å². The highest BCUT2D eigenvalue weighted by Crippen LogP contribution is 2.32. The Morgan fingerprint density at radius 2 is 1.96 bits per heavy atom. The zero-order valence-corrected chi connectivity index (χ0v) is 14.0. The predicted molar refractivity (Wildman–Crippen MR) is 94.6 cm³/mol. The highest BCUT2D eigenvalue weighted by molar-refractivity contribution is 6.34. The zero-order chi connectivity index (χ0) is 16.4. The summed E-state index contributed by atoms with van der Waals surface area (Å²) in [7, 11) is 0. The Morgan fingerprint density at radius 3 is 2.61 bits per heavy atom. The van der Waals surface area contributed by atoms with Crippen molar-refractivity contribution in [1.82, 2.24) is 4.90 Å². The summed E-state index contributed by atoms with van der Waals surface area (Å²) in [5, 5.41) is 0.496. The zero-order valence-electron chi connectivity index (χ0n) is 13.3. The van der Waals surface area contributed by atoms with Gasteiger partial charge in [0.15, 0.2) is 0 Å². The van der Waals surface area contributed by atoms with Gasteiger partial charge in [0, 0.05) is 13.1 Å². The lowest BCUT2D eigenvalue weighted by atomic mass is 9.90. The van der Waals surface area contributed by atoms with Crippen molar-refractivity contribution < 1.29 is 4.79 Å². The van der Waals surface area contributed by atoms with Crippen LogP contribution < -0.4 is 5.73 Å². The molecule has 1 unspecified atom stereocenters. The second-order valence-corrected chi connectivity index (χ2v) is 6.96. The first-order valence-electron chi connectivity index (χ1n) is 7.87. The third-order valence-corrected chi connectivity index (χ3v) is 4.97. The molecule has 0 aliphatic carbocycles. The lowest BCUT2D eigenvalue weighted by Crippen LogP contribution is -2.34. The number of carbonyl (C=O) groups excluding carboxylic acids is 1. The van der Waals surface area contributed by atoms with E-state index in [1.54, 1.807) is 6.07 Å². The Labute approximate surface area is 142 Å². The number of benzene rings is 2. The lowest BCUT2D eigenvalue weighted by Gasteiger charge is -2.23. The molecule has 1 saturated heterocycles. The monoisotopic (exact) mass is 328 g/mol. The topological polar surface area (TPSA) is 46.3 Å². The van der Waals surface area contributed by atoms with Crippen molar-refractivity contribution >= 4 is 17.5 Å². The van der Waals surface area contributed by atoms with Crippen LogP contribution in [0.1, 0.15) is 23.7 Å². The summed E-state index contributed by atoms with van der Waals surface area (Å²) in [6.45, 7) is 4.14. The second-order valence-electron chi connectivity index (χ2n) is 6.55. The molecule has 1 heterocycles. The predicted octanol–water partition coefficient (Wildman–Crippen LogP) is 3.82. The molecule has 2 aromatic carbocycles. The third-order valence-electron chi connectivity index (χ3n) is 4.64. The maximum Gasteiger partial charge on any atom is 0.255 e. The van der Waals surface area contributed by atoms with E-state index >= 15 is 0 Å². The minimum atomic E-state index is -0.00930. The molecular formula is C19H21ClN2O. The van der Waals surface area contributed by atoms with E-state index in [0.29, 0.717) is 23.7 Å². The number of halogens is 1. The maximum atomic E-state index is 12.9. The van der Waals surface area contributed by atoms with Gasteiger partial charge in [-0.2, -0.15) is 0 Å². The molecule has 2 N–H and O–H groups in total. The highest BCUT2D eigenvalue weighted by atomic mass is 35.5. The number of carbonyl (C=O) groups is 1. The Kier molecular flexibility index (Phi) is 4.42. The summed E-state index contributed by atoms with van der Waals surface area (Å²) < 4.78 is 0. The Bertz CT molecular complexity index is 717. The number of hydrogen-bond acceptors (Lipinski definition) is 2. The first kappa shape index (κ1) is 16.0. The van der Waals surface area contributed by atoms with Gasteiger partial charge in [0.2, 0.25) is 0 Å². The molecule has 1 fully saturated rings. The van der Waals surface area contributed by atoms with Crippen LogP contribution in [0.25, 0.3) is 11.1 Å². The Morgan fingerprint density at radius 1 is 1.22 bits per heavy atom. The van der Waals surface area contributed by atoms with Crippen LogP contribution in [0.4, 0.5) is 0 Å². The van der Waals surface area contributed by atoms with Crippen molar-refractivity contribution in [3.05, 3.63) is 59.1 Å². The summed E-state index contributed by atoms with van der Waals surface area (Å²) in [6.07, 6.45) is 0.936. The first-order valence-corrected chi connectivity index (χ1v) is 8.24. The van der Waals surface area contributed by atoms with Crippen molar-refractivity contribution in [3.63, 3.8) is 0 Å². The summed E-state index contributed by atoms with van der Waals surface area (Å²) in [4.78, 5) is 14.7. The molecule has 0 radical (unpaired) electrons. The van der Waals surface area contributed by atoms with Gasteiger partial charge in [-0.3, -0.25) is 4.79 Å². The standard InChI is InChI=1S/C19H21ClN2O/c1-19(12-21)9-10-22(13-19)18(23)16-11-15(7-8-17(16)20)14-5-3-2-4-6-14/h2-8,11H,9-10,12-13,21H2,1H3. The van der Waals surface area contributed by atoms with Gasteiger partial charge in [0.1, 0.15) is 0 Å². The maximum absolute atomic E-state index is 12.9. The third kappa shape index (κ3) is 3.26. The van der Waals surface area contributed by atoms with Crippen LogP contribution >= 0.6 is 11.6 Å². The van der Waals surface area contributed by atoms with Crippen LogP contribution in [0, 0.1) is 5.41 Å². The van der Waals surface area contributed by atoms with E-state index in [2.05, 4.69) is 6.92 Å². The van der Waals surface area contributed by atoms with E-state index in [9.17, 15) is 4.79 Å². The number of nitrogens with two attached hydrogens (primary N) is 1. The number of amides is 1. The number of nitrogens with zero attached hydrogens (tertiary/aromatic N) is 1. The summed E-state index contributed by atoms with van der Waals surface area (Å²) >= 11 is 6.29. The van der Waals surface area contributed by atoms with Crippen LogP contribution in [0.3, 0.4) is 0 Å².